The fraction of sp³-hybridized carbons (Fsp3) is 0.857. The van der Waals surface area contributed by atoms with Gasteiger partial charge in [-0.25, -0.2) is 0 Å². The molecule has 0 radical (unpaired) electrons. The lowest BCUT2D eigenvalue weighted by atomic mass is 10.2. The summed E-state index contributed by atoms with van der Waals surface area (Å²) in [6.45, 7) is 1.90. The van der Waals surface area contributed by atoms with Crippen molar-refractivity contribution in [3.8, 4) is 0 Å². The number of hydrogen-bond donors (Lipinski definition) is 0. The molecule has 0 bridgehead atoms. The molecule has 0 fully saturated rings. The Balaban J connectivity index is 3.47. The number of ether oxygens (including phenoxy) is 1. The van der Waals surface area contributed by atoms with Crippen LogP contribution in [0.15, 0.2) is 0 Å². The van der Waals surface area contributed by atoms with Gasteiger partial charge in [-0.05, 0) is 6.42 Å². The van der Waals surface area contributed by atoms with Gasteiger partial charge in [0.15, 0.2) is 0 Å². The molecule has 72 valence electrons. The quantitative estimate of drug-likeness (QED) is 0.496. The summed E-state index contributed by atoms with van der Waals surface area (Å²) in [4.78, 5) is 10.4. The molecule has 0 heterocycles. The van der Waals surface area contributed by atoms with Crippen molar-refractivity contribution in [2.24, 2.45) is 0 Å². The third-order valence-corrected chi connectivity index (χ3v) is 1.21. The summed E-state index contributed by atoms with van der Waals surface area (Å²) in [5, 5.41) is 0. The largest absolute Gasteiger partial charge is 0.575 e. The standard InChI is InChI=1S/C7H11F3O2/c1-2-3-4-5-6(11)12-7(8,9)10/h2-5H2,1H3. The van der Waals surface area contributed by atoms with E-state index in [1.807, 2.05) is 6.92 Å². The van der Waals surface area contributed by atoms with Crippen LogP contribution in [-0.4, -0.2) is 12.3 Å². The average Bonchev–Trinajstić information content (AvgIpc) is 1.84. The minimum Gasteiger partial charge on any atom is -0.373 e. The predicted molar refractivity (Wildman–Crippen MR) is 36.3 cm³/mol. The minimum atomic E-state index is -4.83. The van der Waals surface area contributed by atoms with Crippen LogP contribution in [0.3, 0.4) is 0 Å². The maximum absolute atomic E-state index is 11.4. The number of carbonyl (C=O) groups excluding carboxylic acids is 1. The zero-order valence-electron chi connectivity index (χ0n) is 6.78. The molecule has 12 heavy (non-hydrogen) atoms. The molecule has 0 aliphatic rings. The Kier molecular flexibility index (Phi) is 4.70. The second-order valence-corrected chi connectivity index (χ2v) is 2.38. The molecule has 0 saturated heterocycles. The summed E-state index contributed by atoms with van der Waals surface area (Å²) in [7, 11) is 0. The highest BCUT2D eigenvalue weighted by molar-refractivity contribution is 5.69. The maximum atomic E-state index is 11.4. The van der Waals surface area contributed by atoms with Gasteiger partial charge >= 0.3 is 12.3 Å². The van der Waals surface area contributed by atoms with Crippen LogP contribution in [0.25, 0.3) is 0 Å². The maximum Gasteiger partial charge on any atom is 0.575 e. The minimum absolute atomic E-state index is 0.159. The molecule has 0 spiro atoms. The average molecular weight is 184 g/mol. The van der Waals surface area contributed by atoms with Gasteiger partial charge in [0, 0.05) is 6.42 Å². The van der Waals surface area contributed by atoms with E-state index in [1.165, 1.54) is 0 Å². The highest BCUT2D eigenvalue weighted by atomic mass is 19.4. The molecule has 2 nitrogen and oxygen atoms in total. The first-order valence-corrected chi connectivity index (χ1v) is 3.74. The van der Waals surface area contributed by atoms with Gasteiger partial charge in [0.05, 0.1) is 0 Å². The second kappa shape index (κ2) is 5.00. The molecular formula is C7H11F3O2. The van der Waals surface area contributed by atoms with E-state index in [9.17, 15) is 18.0 Å². The Bertz CT molecular complexity index is 142. The number of esters is 1. The van der Waals surface area contributed by atoms with Crippen molar-refractivity contribution in [3.05, 3.63) is 0 Å². The third kappa shape index (κ3) is 7.37. The van der Waals surface area contributed by atoms with Crippen molar-refractivity contribution < 1.29 is 22.7 Å². The first kappa shape index (κ1) is 11.3. The molecule has 0 aliphatic carbocycles. The van der Waals surface area contributed by atoms with E-state index in [0.29, 0.717) is 6.42 Å². The summed E-state index contributed by atoms with van der Waals surface area (Å²) in [5.74, 6) is -1.20. The molecule has 0 amide bonds. The summed E-state index contributed by atoms with van der Waals surface area (Å²) < 4.78 is 37.3. The first-order valence-electron chi connectivity index (χ1n) is 3.74. The number of rotatable bonds is 4. The van der Waals surface area contributed by atoms with Gasteiger partial charge in [0.2, 0.25) is 0 Å². The second-order valence-electron chi connectivity index (χ2n) is 2.38. The number of hydrogen-bond acceptors (Lipinski definition) is 2. The summed E-state index contributed by atoms with van der Waals surface area (Å²) in [5.41, 5.74) is 0. The van der Waals surface area contributed by atoms with Crippen LogP contribution < -0.4 is 0 Å². The third-order valence-electron chi connectivity index (χ3n) is 1.21. The highest BCUT2D eigenvalue weighted by Gasteiger charge is 2.33. The first-order chi connectivity index (χ1) is 5.45. The Morgan fingerprint density at radius 3 is 2.33 bits per heavy atom. The van der Waals surface area contributed by atoms with Crippen LogP contribution in [0.1, 0.15) is 32.6 Å². The normalized spacial score (nSPS) is 11.3. The lowest BCUT2D eigenvalue weighted by molar-refractivity contribution is -0.305. The summed E-state index contributed by atoms with van der Waals surface area (Å²) >= 11 is 0. The highest BCUT2D eigenvalue weighted by Crippen LogP contribution is 2.17. The van der Waals surface area contributed by atoms with E-state index in [2.05, 4.69) is 4.74 Å². The van der Waals surface area contributed by atoms with Crippen LogP contribution in [0, 0.1) is 0 Å². The predicted octanol–water partition coefficient (Wildman–Crippen LogP) is 2.63. The molecule has 0 aromatic carbocycles. The number of alkyl halides is 3. The van der Waals surface area contributed by atoms with Crippen molar-refractivity contribution in [2.75, 3.05) is 0 Å². The number of unbranched alkanes of at least 4 members (excludes halogenated alkanes) is 2. The van der Waals surface area contributed by atoms with Gasteiger partial charge in [-0.2, -0.15) is 0 Å². The molecule has 0 rings (SSSR count). The van der Waals surface area contributed by atoms with Crippen molar-refractivity contribution in [1.82, 2.24) is 0 Å². The van der Waals surface area contributed by atoms with Gasteiger partial charge in [-0.15, -0.1) is 13.2 Å². The van der Waals surface area contributed by atoms with Gasteiger partial charge < -0.3 is 4.74 Å². The topological polar surface area (TPSA) is 26.3 Å². The van der Waals surface area contributed by atoms with Crippen LogP contribution >= 0.6 is 0 Å². The Labute approximate surface area is 68.7 Å². The van der Waals surface area contributed by atoms with Crippen molar-refractivity contribution in [1.29, 1.82) is 0 Å². The zero-order valence-corrected chi connectivity index (χ0v) is 6.78. The van der Waals surface area contributed by atoms with Crippen LogP contribution in [0.4, 0.5) is 13.2 Å². The molecular weight excluding hydrogens is 173 g/mol. The number of halogens is 3. The van der Waals surface area contributed by atoms with E-state index in [0.717, 1.165) is 12.8 Å². The van der Waals surface area contributed by atoms with Crippen LogP contribution in [-0.2, 0) is 9.53 Å². The molecule has 0 N–H and O–H groups in total. The van der Waals surface area contributed by atoms with E-state index < -0.39 is 12.3 Å². The van der Waals surface area contributed by atoms with Gasteiger partial charge in [0.1, 0.15) is 0 Å². The van der Waals surface area contributed by atoms with E-state index >= 15 is 0 Å². The summed E-state index contributed by atoms with van der Waals surface area (Å²) in [6, 6.07) is 0. The van der Waals surface area contributed by atoms with Crippen molar-refractivity contribution in [2.45, 2.75) is 39.0 Å². The van der Waals surface area contributed by atoms with Gasteiger partial charge in [0.25, 0.3) is 0 Å². The van der Waals surface area contributed by atoms with Gasteiger partial charge in [-0.3, -0.25) is 4.79 Å². The van der Waals surface area contributed by atoms with Gasteiger partial charge in [-0.1, -0.05) is 19.8 Å². The fourth-order valence-electron chi connectivity index (χ4n) is 0.699. The van der Waals surface area contributed by atoms with Crippen molar-refractivity contribution in [3.63, 3.8) is 0 Å². The fourth-order valence-corrected chi connectivity index (χ4v) is 0.699. The lowest BCUT2D eigenvalue weighted by Gasteiger charge is -2.06. The Hall–Kier alpha value is -0.740. The Morgan fingerprint density at radius 1 is 1.33 bits per heavy atom. The molecule has 0 atom stereocenters. The smallest absolute Gasteiger partial charge is 0.373 e. The molecule has 0 unspecified atom stereocenters. The summed E-state index contributed by atoms with van der Waals surface area (Å²) in [6.07, 6.45) is -2.94. The van der Waals surface area contributed by atoms with E-state index in [4.69, 9.17) is 0 Å². The van der Waals surface area contributed by atoms with E-state index in [1.54, 1.807) is 0 Å². The lowest BCUT2D eigenvalue weighted by Crippen LogP contribution is -2.18. The van der Waals surface area contributed by atoms with Crippen LogP contribution in [0.2, 0.25) is 0 Å². The monoisotopic (exact) mass is 184 g/mol. The van der Waals surface area contributed by atoms with Crippen molar-refractivity contribution >= 4 is 5.97 Å². The zero-order chi connectivity index (χ0) is 9.61. The van der Waals surface area contributed by atoms with E-state index in [-0.39, 0.29) is 6.42 Å². The SMILES string of the molecule is CCCCCC(=O)OC(F)(F)F. The van der Waals surface area contributed by atoms with Crippen LogP contribution in [0.5, 0.6) is 0 Å². The molecule has 0 saturated carbocycles. The molecule has 0 aromatic heterocycles. The number of carbonyl (C=O) groups is 1. The Morgan fingerprint density at radius 2 is 1.92 bits per heavy atom. The molecule has 0 aliphatic heterocycles. The molecule has 5 heteroatoms. The molecule has 0 aromatic rings.